The molecule has 0 fully saturated rings. The number of rotatable bonds is 0. The first-order chi connectivity index (χ1) is 5.04. The second-order valence-electron chi connectivity index (χ2n) is 1.65. The van der Waals surface area contributed by atoms with Crippen LogP contribution < -0.4 is 0 Å². The summed E-state index contributed by atoms with van der Waals surface area (Å²) in [5, 5.41) is 8.08. The summed E-state index contributed by atoms with van der Waals surface area (Å²) in [5.74, 6) is -1.39. The Hall–Kier alpha value is -1.51. The summed E-state index contributed by atoms with van der Waals surface area (Å²) in [6, 6.07) is 1.41. The summed E-state index contributed by atoms with van der Waals surface area (Å²) < 4.78 is 39.0. The highest BCUT2D eigenvalue weighted by Gasteiger charge is 2.37. The molecule has 6 heteroatoms. The number of hydrogen-bond donors (Lipinski definition) is 0. The van der Waals surface area contributed by atoms with Gasteiger partial charge in [-0.3, -0.25) is 0 Å². The zero-order valence-electron chi connectivity index (χ0n) is 5.01. The van der Waals surface area contributed by atoms with Gasteiger partial charge in [-0.1, -0.05) is 0 Å². The number of hydrogen-bond acceptors (Lipinski definition) is 3. The molecule has 0 radical (unpaired) electrons. The van der Waals surface area contributed by atoms with Crippen molar-refractivity contribution in [3.63, 3.8) is 0 Å². The van der Waals surface area contributed by atoms with Gasteiger partial charge in [0.15, 0.2) is 5.69 Å². The first kappa shape index (κ1) is 7.60. The average Bonchev–Trinajstić information content (AvgIpc) is 2.32. The van der Waals surface area contributed by atoms with Crippen molar-refractivity contribution in [3.05, 3.63) is 17.8 Å². The van der Waals surface area contributed by atoms with E-state index in [-0.39, 0.29) is 5.69 Å². The third kappa shape index (κ3) is 1.49. The summed E-state index contributed by atoms with van der Waals surface area (Å²) >= 11 is 0. The van der Waals surface area contributed by atoms with Gasteiger partial charge in [0.2, 0.25) is 0 Å². The molecule has 0 atom stereocenters. The summed E-state index contributed by atoms with van der Waals surface area (Å²) in [7, 11) is 0. The molecule has 1 rings (SSSR count). The first-order valence-electron chi connectivity index (χ1n) is 2.47. The van der Waals surface area contributed by atoms with Crippen molar-refractivity contribution in [2.45, 2.75) is 6.18 Å². The standard InChI is InChI=1S/C5HF3N2O/c6-5(7,8)4-10-3(1-9)2-11-4/h2H. The molecular formula is C5HF3N2O. The van der Waals surface area contributed by atoms with Crippen molar-refractivity contribution in [1.29, 1.82) is 5.26 Å². The summed E-state index contributed by atoms with van der Waals surface area (Å²) in [6.45, 7) is 0. The fourth-order valence-electron chi connectivity index (χ4n) is 0.455. The lowest BCUT2D eigenvalue weighted by atomic mass is 10.5. The lowest BCUT2D eigenvalue weighted by Crippen LogP contribution is -2.04. The molecule has 0 N–H and O–H groups in total. The van der Waals surface area contributed by atoms with Gasteiger partial charge in [0.25, 0.3) is 0 Å². The Balaban J connectivity index is 3.01. The van der Waals surface area contributed by atoms with Crippen LogP contribution in [0.2, 0.25) is 0 Å². The molecule has 0 aliphatic heterocycles. The van der Waals surface area contributed by atoms with Crippen LogP contribution in [0.15, 0.2) is 10.7 Å². The highest BCUT2D eigenvalue weighted by Crippen LogP contribution is 2.27. The number of halogens is 3. The van der Waals surface area contributed by atoms with Gasteiger partial charge >= 0.3 is 12.1 Å². The minimum absolute atomic E-state index is 0.377. The van der Waals surface area contributed by atoms with Gasteiger partial charge in [-0.25, -0.2) is 0 Å². The van der Waals surface area contributed by atoms with Gasteiger partial charge in [0, 0.05) is 0 Å². The monoisotopic (exact) mass is 162 g/mol. The second-order valence-corrected chi connectivity index (χ2v) is 1.65. The van der Waals surface area contributed by atoms with Gasteiger partial charge < -0.3 is 4.42 Å². The number of nitrogens with zero attached hydrogens (tertiary/aromatic N) is 2. The molecule has 11 heavy (non-hydrogen) atoms. The van der Waals surface area contributed by atoms with Crippen LogP contribution in [0.25, 0.3) is 0 Å². The second kappa shape index (κ2) is 2.27. The Morgan fingerprint density at radius 2 is 2.18 bits per heavy atom. The minimum Gasteiger partial charge on any atom is -0.440 e. The van der Waals surface area contributed by atoms with Crippen molar-refractivity contribution < 1.29 is 17.6 Å². The van der Waals surface area contributed by atoms with E-state index in [2.05, 4.69) is 9.40 Å². The van der Waals surface area contributed by atoms with E-state index in [1.165, 1.54) is 6.07 Å². The largest absolute Gasteiger partial charge is 0.468 e. The first-order valence-corrected chi connectivity index (χ1v) is 2.47. The van der Waals surface area contributed by atoms with E-state index >= 15 is 0 Å². The van der Waals surface area contributed by atoms with E-state index in [4.69, 9.17) is 5.26 Å². The molecule has 58 valence electrons. The summed E-state index contributed by atoms with van der Waals surface area (Å²) in [4.78, 5) is 2.85. The number of nitriles is 1. The van der Waals surface area contributed by atoms with Crippen LogP contribution in [0.3, 0.4) is 0 Å². The Bertz CT molecular complexity index is 295. The maximum Gasteiger partial charge on any atom is 0.468 e. The van der Waals surface area contributed by atoms with E-state index in [1.807, 2.05) is 0 Å². The molecule has 0 saturated carbocycles. The fraction of sp³-hybridized carbons (Fsp3) is 0.200. The average molecular weight is 162 g/mol. The van der Waals surface area contributed by atoms with Gasteiger partial charge in [0.1, 0.15) is 12.3 Å². The molecule has 0 unspecified atom stereocenters. The van der Waals surface area contributed by atoms with Crippen molar-refractivity contribution in [1.82, 2.24) is 4.98 Å². The van der Waals surface area contributed by atoms with Crippen LogP contribution in [-0.2, 0) is 6.18 Å². The molecule has 3 nitrogen and oxygen atoms in total. The maximum atomic E-state index is 11.7. The predicted molar refractivity (Wildman–Crippen MR) is 26.2 cm³/mol. The predicted octanol–water partition coefficient (Wildman–Crippen LogP) is 1.57. The molecule has 0 bridgehead atoms. The van der Waals surface area contributed by atoms with Crippen molar-refractivity contribution >= 4 is 0 Å². The quantitative estimate of drug-likeness (QED) is 0.581. The number of alkyl halides is 3. The summed E-state index contributed by atoms with van der Waals surface area (Å²) in [6.07, 6.45) is -3.96. The summed E-state index contributed by atoms with van der Waals surface area (Å²) in [5.41, 5.74) is -0.377. The Morgan fingerprint density at radius 3 is 2.45 bits per heavy atom. The molecule has 0 aliphatic carbocycles. The van der Waals surface area contributed by atoms with Crippen LogP contribution in [0.4, 0.5) is 13.2 Å². The van der Waals surface area contributed by atoms with Crippen molar-refractivity contribution in [3.8, 4) is 6.07 Å². The molecule has 0 saturated heterocycles. The van der Waals surface area contributed by atoms with E-state index in [0.29, 0.717) is 6.26 Å². The lowest BCUT2D eigenvalue weighted by Gasteiger charge is -1.96. The van der Waals surface area contributed by atoms with Gasteiger partial charge in [-0.15, -0.1) is 0 Å². The van der Waals surface area contributed by atoms with Crippen LogP contribution in [0.5, 0.6) is 0 Å². The molecular weight excluding hydrogens is 161 g/mol. The van der Waals surface area contributed by atoms with Crippen LogP contribution in [0, 0.1) is 11.3 Å². The van der Waals surface area contributed by atoms with Crippen LogP contribution in [0.1, 0.15) is 11.6 Å². The normalized spacial score (nSPS) is 11.1. The van der Waals surface area contributed by atoms with Crippen molar-refractivity contribution in [2.24, 2.45) is 0 Å². The SMILES string of the molecule is N#Cc1coc(C(F)(F)F)n1. The van der Waals surface area contributed by atoms with E-state index in [9.17, 15) is 13.2 Å². The molecule has 0 aromatic carbocycles. The van der Waals surface area contributed by atoms with Crippen LogP contribution in [-0.4, -0.2) is 4.98 Å². The molecule has 1 aromatic rings. The topological polar surface area (TPSA) is 49.8 Å². The smallest absolute Gasteiger partial charge is 0.440 e. The molecule has 0 amide bonds. The third-order valence-electron chi connectivity index (χ3n) is 0.861. The lowest BCUT2D eigenvalue weighted by molar-refractivity contribution is -0.157. The maximum absolute atomic E-state index is 11.7. The van der Waals surface area contributed by atoms with Crippen molar-refractivity contribution in [2.75, 3.05) is 0 Å². The van der Waals surface area contributed by atoms with Gasteiger partial charge in [-0.2, -0.15) is 23.4 Å². The minimum atomic E-state index is -4.62. The Morgan fingerprint density at radius 1 is 1.55 bits per heavy atom. The highest BCUT2D eigenvalue weighted by molar-refractivity contribution is 5.15. The Kier molecular flexibility index (Phi) is 1.57. The molecule has 0 spiro atoms. The van der Waals surface area contributed by atoms with Gasteiger partial charge in [-0.05, 0) is 0 Å². The zero-order valence-corrected chi connectivity index (χ0v) is 5.01. The fourth-order valence-corrected chi connectivity index (χ4v) is 0.455. The molecule has 0 aliphatic rings. The molecule has 1 heterocycles. The highest BCUT2D eigenvalue weighted by atomic mass is 19.4. The zero-order chi connectivity index (χ0) is 8.48. The van der Waals surface area contributed by atoms with E-state index in [1.54, 1.807) is 0 Å². The van der Waals surface area contributed by atoms with E-state index < -0.39 is 12.1 Å². The van der Waals surface area contributed by atoms with Crippen LogP contribution >= 0.6 is 0 Å². The van der Waals surface area contributed by atoms with Gasteiger partial charge in [0.05, 0.1) is 0 Å². The molecule has 1 aromatic heterocycles. The Labute approximate surface area is 59.1 Å². The van der Waals surface area contributed by atoms with E-state index in [0.717, 1.165) is 0 Å². The third-order valence-corrected chi connectivity index (χ3v) is 0.861. The number of aromatic nitrogens is 1. The number of oxazole rings is 1.